The van der Waals surface area contributed by atoms with Crippen molar-refractivity contribution in [2.75, 3.05) is 24.7 Å². The summed E-state index contributed by atoms with van der Waals surface area (Å²) in [5.41, 5.74) is 6.79. The molecular formula is C27H23ClN4O. The molecule has 2 N–H and O–H groups in total. The van der Waals surface area contributed by atoms with Crippen LogP contribution >= 0.6 is 11.6 Å². The van der Waals surface area contributed by atoms with Crippen LogP contribution in [-0.4, -0.2) is 29.9 Å². The minimum absolute atomic E-state index is 0.162. The van der Waals surface area contributed by atoms with Gasteiger partial charge in [0.15, 0.2) is 0 Å². The fourth-order valence-corrected chi connectivity index (χ4v) is 4.28. The second-order valence-corrected chi connectivity index (χ2v) is 8.80. The van der Waals surface area contributed by atoms with Gasteiger partial charge in [-0.15, -0.1) is 0 Å². The van der Waals surface area contributed by atoms with Crippen LogP contribution in [0.4, 0.5) is 11.4 Å². The van der Waals surface area contributed by atoms with Gasteiger partial charge in [-0.1, -0.05) is 41.9 Å². The van der Waals surface area contributed by atoms with Crippen LogP contribution in [0.2, 0.25) is 5.02 Å². The van der Waals surface area contributed by atoms with Gasteiger partial charge in [0.2, 0.25) is 0 Å². The third kappa shape index (κ3) is 4.33. The lowest BCUT2D eigenvalue weighted by molar-refractivity contribution is -0.110. The molecule has 0 fully saturated rings. The van der Waals surface area contributed by atoms with Gasteiger partial charge in [-0.2, -0.15) is 0 Å². The maximum Gasteiger partial charge on any atom is 0.258 e. The van der Waals surface area contributed by atoms with Gasteiger partial charge in [-0.25, -0.2) is 0 Å². The zero-order chi connectivity index (χ0) is 22.9. The summed E-state index contributed by atoms with van der Waals surface area (Å²) in [7, 11) is 4.09. The molecule has 4 aromatic rings. The summed E-state index contributed by atoms with van der Waals surface area (Å²) in [6.45, 7) is 0.864. The molecule has 0 spiro atoms. The van der Waals surface area contributed by atoms with Crippen molar-refractivity contribution >= 4 is 51.1 Å². The van der Waals surface area contributed by atoms with E-state index in [0.29, 0.717) is 16.3 Å². The number of pyridine rings is 1. The smallest absolute Gasteiger partial charge is 0.258 e. The summed E-state index contributed by atoms with van der Waals surface area (Å²) in [6, 6.07) is 23.7. The third-order valence-electron chi connectivity index (χ3n) is 5.59. The van der Waals surface area contributed by atoms with Crippen molar-refractivity contribution in [3.8, 4) is 0 Å². The molecule has 0 saturated heterocycles. The van der Waals surface area contributed by atoms with Crippen molar-refractivity contribution in [1.82, 2.24) is 9.88 Å². The fourth-order valence-electron chi connectivity index (χ4n) is 4.11. The van der Waals surface area contributed by atoms with Crippen LogP contribution in [0.3, 0.4) is 0 Å². The molecule has 5 rings (SSSR count). The first-order chi connectivity index (χ1) is 16.0. The van der Waals surface area contributed by atoms with Gasteiger partial charge in [-0.3, -0.25) is 9.78 Å². The first-order valence-electron chi connectivity index (χ1n) is 10.7. The number of nitrogens with one attached hydrogen (secondary N) is 2. The Labute approximate surface area is 197 Å². The van der Waals surface area contributed by atoms with Crippen LogP contribution in [0.1, 0.15) is 16.7 Å². The fraction of sp³-hybridized carbons (Fsp3) is 0.111. The molecule has 33 heavy (non-hydrogen) atoms. The zero-order valence-corrected chi connectivity index (χ0v) is 19.1. The largest absolute Gasteiger partial charge is 0.354 e. The molecule has 1 aromatic heterocycles. The van der Waals surface area contributed by atoms with Gasteiger partial charge in [0, 0.05) is 34.4 Å². The normalized spacial score (nSPS) is 14.4. The Bertz CT molecular complexity index is 1390. The molecule has 3 aromatic carbocycles. The average Bonchev–Trinajstić information content (AvgIpc) is 3.12. The summed E-state index contributed by atoms with van der Waals surface area (Å²) in [6.07, 6.45) is 1.78. The summed E-state index contributed by atoms with van der Waals surface area (Å²) >= 11 is 6.17. The Hall–Kier alpha value is -3.67. The van der Waals surface area contributed by atoms with Crippen molar-refractivity contribution < 1.29 is 4.79 Å². The minimum atomic E-state index is -0.162. The number of hydrogen-bond acceptors (Lipinski definition) is 4. The highest BCUT2D eigenvalue weighted by atomic mass is 35.5. The lowest BCUT2D eigenvalue weighted by atomic mass is 9.99. The highest BCUT2D eigenvalue weighted by Gasteiger charge is 2.28. The van der Waals surface area contributed by atoms with E-state index in [1.54, 1.807) is 18.3 Å². The van der Waals surface area contributed by atoms with E-state index in [9.17, 15) is 4.79 Å². The topological polar surface area (TPSA) is 57.3 Å². The molecule has 0 radical (unpaired) electrons. The first-order valence-corrected chi connectivity index (χ1v) is 11.1. The maximum absolute atomic E-state index is 13.1. The van der Waals surface area contributed by atoms with Gasteiger partial charge in [0.25, 0.3) is 5.91 Å². The van der Waals surface area contributed by atoms with Crippen molar-refractivity contribution in [1.29, 1.82) is 0 Å². The van der Waals surface area contributed by atoms with Crippen molar-refractivity contribution in [3.05, 3.63) is 101 Å². The van der Waals surface area contributed by atoms with E-state index >= 15 is 0 Å². The molecule has 6 heteroatoms. The average molecular weight is 455 g/mol. The van der Waals surface area contributed by atoms with E-state index in [-0.39, 0.29) is 5.91 Å². The molecule has 0 unspecified atom stereocenters. The second kappa shape index (κ2) is 8.70. The van der Waals surface area contributed by atoms with E-state index in [1.165, 1.54) is 5.56 Å². The van der Waals surface area contributed by atoms with E-state index in [0.717, 1.165) is 40.0 Å². The quantitative estimate of drug-likeness (QED) is 0.369. The highest BCUT2D eigenvalue weighted by molar-refractivity contribution is 6.38. The van der Waals surface area contributed by atoms with Gasteiger partial charge in [0.1, 0.15) is 0 Å². The zero-order valence-electron chi connectivity index (χ0n) is 18.4. The second-order valence-electron chi connectivity index (χ2n) is 8.36. The first kappa shape index (κ1) is 21.2. The number of amides is 1. The van der Waals surface area contributed by atoms with E-state index in [2.05, 4.69) is 38.7 Å². The summed E-state index contributed by atoms with van der Waals surface area (Å²) in [4.78, 5) is 19.7. The standard InChI is InChI=1S/C27H23ClN4O/c1-32(2)16-17-5-9-21(10-6-17)30-26(19-7-12-23-18(14-19)4-3-13-29-23)25-22-11-8-20(28)15-24(22)31-27(25)33/h3-15,30H,16H2,1-2H3,(H,31,33)/b26-25-. The number of halogens is 1. The highest BCUT2D eigenvalue weighted by Crippen LogP contribution is 2.39. The number of nitrogens with zero attached hydrogens (tertiary/aromatic N) is 2. The van der Waals surface area contributed by atoms with E-state index in [4.69, 9.17) is 11.6 Å². The lowest BCUT2D eigenvalue weighted by Gasteiger charge is -2.16. The van der Waals surface area contributed by atoms with Crippen molar-refractivity contribution in [2.24, 2.45) is 0 Å². The Kier molecular flexibility index (Phi) is 5.58. The molecule has 164 valence electrons. The van der Waals surface area contributed by atoms with Crippen LogP contribution in [0.25, 0.3) is 22.2 Å². The van der Waals surface area contributed by atoms with Crippen molar-refractivity contribution in [3.63, 3.8) is 0 Å². The molecule has 0 bridgehead atoms. The van der Waals surface area contributed by atoms with Gasteiger partial charge >= 0.3 is 0 Å². The number of carbonyl (C=O) groups is 1. The van der Waals surface area contributed by atoms with E-state index < -0.39 is 0 Å². The predicted octanol–water partition coefficient (Wildman–Crippen LogP) is 5.88. The Balaban J connectivity index is 1.64. The molecular weight excluding hydrogens is 432 g/mol. The Morgan fingerprint density at radius 2 is 1.85 bits per heavy atom. The number of anilines is 2. The van der Waals surface area contributed by atoms with Gasteiger partial charge < -0.3 is 15.5 Å². The van der Waals surface area contributed by atoms with Gasteiger partial charge in [-0.05, 0) is 67.7 Å². The summed E-state index contributed by atoms with van der Waals surface area (Å²) < 4.78 is 0. The van der Waals surface area contributed by atoms with Crippen LogP contribution in [0.15, 0.2) is 79.0 Å². The number of hydrogen-bond donors (Lipinski definition) is 2. The maximum atomic E-state index is 13.1. The molecule has 1 aliphatic heterocycles. The summed E-state index contributed by atoms with van der Waals surface area (Å²) in [5.74, 6) is -0.162. The minimum Gasteiger partial charge on any atom is -0.354 e. The molecule has 0 atom stereocenters. The van der Waals surface area contributed by atoms with Crippen LogP contribution in [-0.2, 0) is 11.3 Å². The molecule has 5 nitrogen and oxygen atoms in total. The van der Waals surface area contributed by atoms with Crippen LogP contribution < -0.4 is 10.6 Å². The van der Waals surface area contributed by atoms with E-state index in [1.807, 2.05) is 56.6 Å². The molecule has 1 aliphatic rings. The van der Waals surface area contributed by atoms with Gasteiger partial charge in [0.05, 0.1) is 22.5 Å². The monoisotopic (exact) mass is 454 g/mol. The SMILES string of the molecule is CN(C)Cc1ccc(N/C(=C2\C(=O)Nc3cc(Cl)ccc32)c2ccc3ncccc3c2)cc1. The molecule has 2 heterocycles. The number of rotatable bonds is 5. The molecule has 0 saturated carbocycles. The Morgan fingerprint density at radius 1 is 1.03 bits per heavy atom. The van der Waals surface area contributed by atoms with Crippen LogP contribution in [0.5, 0.6) is 0 Å². The third-order valence-corrected chi connectivity index (χ3v) is 5.83. The number of fused-ring (bicyclic) bond motifs is 2. The summed E-state index contributed by atoms with van der Waals surface area (Å²) in [5, 5.41) is 8.06. The number of aromatic nitrogens is 1. The Morgan fingerprint density at radius 3 is 2.64 bits per heavy atom. The van der Waals surface area contributed by atoms with Crippen LogP contribution in [0, 0.1) is 0 Å². The molecule has 0 aliphatic carbocycles. The number of benzene rings is 3. The van der Waals surface area contributed by atoms with Crippen molar-refractivity contribution in [2.45, 2.75) is 6.54 Å². The number of carbonyl (C=O) groups excluding carboxylic acids is 1. The molecule has 1 amide bonds. The lowest BCUT2D eigenvalue weighted by Crippen LogP contribution is -2.11. The predicted molar refractivity (Wildman–Crippen MR) is 136 cm³/mol.